The third kappa shape index (κ3) is 2.98. The van der Waals surface area contributed by atoms with Gasteiger partial charge in [-0.25, -0.2) is 4.79 Å². The lowest BCUT2D eigenvalue weighted by Gasteiger charge is -2.26. The first-order chi connectivity index (χ1) is 8.91. The van der Waals surface area contributed by atoms with Crippen LogP contribution < -0.4 is 10.6 Å². The molecule has 4 N–H and O–H groups in total. The molecule has 0 saturated carbocycles. The van der Waals surface area contributed by atoms with E-state index in [4.69, 9.17) is 5.73 Å². The van der Waals surface area contributed by atoms with Gasteiger partial charge in [-0.15, -0.1) is 0 Å². The van der Waals surface area contributed by atoms with Crippen LogP contribution in [0.4, 0.5) is 11.4 Å². The zero-order chi connectivity index (χ0) is 14.0. The standard InChI is InChI=1S/C14H20N2O3/c1-14(19)6-3-8-16(9-7-14)12-10(13(17)18)4-2-5-11(12)15/h2,4-5,19H,3,6-9,15H2,1H3,(H,17,18). The Morgan fingerprint density at radius 3 is 2.79 bits per heavy atom. The van der Waals surface area contributed by atoms with Gasteiger partial charge in [-0.3, -0.25) is 0 Å². The predicted molar refractivity (Wildman–Crippen MR) is 74.5 cm³/mol. The second-order valence-corrected chi connectivity index (χ2v) is 5.39. The highest BCUT2D eigenvalue weighted by atomic mass is 16.4. The first-order valence-electron chi connectivity index (χ1n) is 6.50. The molecule has 1 atom stereocenters. The minimum Gasteiger partial charge on any atom is -0.478 e. The lowest BCUT2D eigenvalue weighted by molar-refractivity contribution is 0.0481. The smallest absolute Gasteiger partial charge is 0.337 e. The van der Waals surface area contributed by atoms with E-state index in [1.165, 1.54) is 0 Å². The minimum atomic E-state index is -0.974. The summed E-state index contributed by atoms with van der Waals surface area (Å²) in [6.45, 7) is 3.15. The number of nitrogen functional groups attached to an aromatic ring is 1. The van der Waals surface area contributed by atoms with E-state index in [1.54, 1.807) is 18.2 Å². The Kier molecular flexibility index (Phi) is 3.66. The van der Waals surface area contributed by atoms with Gasteiger partial charge in [0.1, 0.15) is 0 Å². The van der Waals surface area contributed by atoms with Crippen LogP contribution >= 0.6 is 0 Å². The number of nitrogens with two attached hydrogens (primary N) is 1. The normalized spacial score (nSPS) is 24.0. The SMILES string of the molecule is CC1(O)CCCN(c2c(N)cccc2C(=O)O)CC1. The molecule has 5 heteroatoms. The predicted octanol–water partition coefficient (Wildman–Crippen LogP) is 1.71. The first-order valence-corrected chi connectivity index (χ1v) is 6.50. The maximum Gasteiger partial charge on any atom is 0.337 e. The van der Waals surface area contributed by atoms with Crippen LogP contribution in [0.1, 0.15) is 36.5 Å². The third-order valence-corrected chi connectivity index (χ3v) is 3.68. The summed E-state index contributed by atoms with van der Waals surface area (Å²) in [5.41, 5.74) is 6.54. The molecule has 1 heterocycles. The van der Waals surface area contributed by atoms with Crippen molar-refractivity contribution in [2.45, 2.75) is 31.8 Å². The maximum absolute atomic E-state index is 11.3. The second kappa shape index (κ2) is 5.09. The molecule has 1 unspecified atom stereocenters. The van der Waals surface area contributed by atoms with Crippen molar-refractivity contribution in [1.29, 1.82) is 0 Å². The molecule has 1 fully saturated rings. The molecule has 5 nitrogen and oxygen atoms in total. The van der Waals surface area contributed by atoms with Crippen molar-refractivity contribution in [1.82, 2.24) is 0 Å². The highest BCUT2D eigenvalue weighted by Crippen LogP contribution is 2.32. The molecule has 0 spiro atoms. The van der Waals surface area contributed by atoms with Gasteiger partial charge in [0.25, 0.3) is 0 Å². The number of hydrogen-bond acceptors (Lipinski definition) is 4. The molecule has 19 heavy (non-hydrogen) atoms. The van der Waals surface area contributed by atoms with Crippen LogP contribution in [0.25, 0.3) is 0 Å². The summed E-state index contributed by atoms with van der Waals surface area (Å²) in [5, 5.41) is 19.4. The fourth-order valence-corrected chi connectivity index (χ4v) is 2.57. The van der Waals surface area contributed by atoms with Gasteiger partial charge in [-0.05, 0) is 38.3 Å². The number of hydrogen-bond donors (Lipinski definition) is 3. The van der Waals surface area contributed by atoms with Crippen molar-refractivity contribution in [3.8, 4) is 0 Å². The Morgan fingerprint density at radius 2 is 2.11 bits per heavy atom. The van der Waals surface area contributed by atoms with Gasteiger partial charge in [-0.2, -0.15) is 0 Å². The number of carbonyl (C=O) groups is 1. The quantitative estimate of drug-likeness (QED) is 0.708. The third-order valence-electron chi connectivity index (χ3n) is 3.68. The van der Waals surface area contributed by atoms with Crippen molar-refractivity contribution < 1.29 is 15.0 Å². The Balaban J connectivity index is 2.33. The van der Waals surface area contributed by atoms with Gasteiger partial charge in [0.15, 0.2) is 0 Å². The number of carboxylic acids is 1. The molecule has 0 aromatic heterocycles. The molecule has 1 aliphatic heterocycles. The molecule has 1 saturated heterocycles. The Bertz CT molecular complexity index is 486. The fraction of sp³-hybridized carbons (Fsp3) is 0.500. The van der Waals surface area contributed by atoms with Crippen LogP contribution in [-0.4, -0.2) is 34.9 Å². The van der Waals surface area contributed by atoms with Gasteiger partial charge < -0.3 is 20.8 Å². The zero-order valence-electron chi connectivity index (χ0n) is 11.1. The molecule has 1 aromatic rings. The summed E-state index contributed by atoms with van der Waals surface area (Å²) < 4.78 is 0. The van der Waals surface area contributed by atoms with Gasteiger partial charge in [-0.1, -0.05) is 6.07 Å². The van der Waals surface area contributed by atoms with E-state index in [-0.39, 0.29) is 5.56 Å². The highest BCUT2D eigenvalue weighted by Gasteiger charge is 2.27. The average Bonchev–Trinajstić information content (AvgIpc) is 2.50. The van der Waals surface area contributed by atoms with Crippen LogP contribution in [0.3, 0.4) is 0 Å². The van der Waals surface area contributed by atoms with Crippen LogP contribution in [0, 0.1) is 0 Å². The van der Waals surface area contributed by atoms with Gasteiger partial charge in [0, 0.05) is 13.1 Å². The van der Waals surface area contributed by atoms with E-state index in [1.807, 2.05) is 11.8 Å². The number of anilines is 2. The van der Waals surface area contributed by atoms with E-state index in [0.717, 1.165) is 12.8 Å². The second-order valence-electron chi connectivity index (χ2n) is 5.39. The summed E-state index contributed by atoms with van der Waals surface area (Å²) in [6, 6.07) is 4.93. The van der Waals surface area contributed by atoms with Crippen molar-refractivity contribution >= 4 is 17.3 Å². The number of aliphatic hydroxyl groups is 1. The Hall–Kier alpha value is -1.75. The van der Waals surface area contributed by atoms with E-state index in [9.17, 15) is 15.0 Å². The minimum absolute atomic E-state index is 0.224. The molecule has 0 aliphatic carbocycles. The van der Waals surface area contributed by atoms with Gasteiger partial charge in [0.2, 0.25) is 0 Å². The molecule has 0 amide bonds. The zero-order valence-corrected chi connectivity index (χ0v) is 11.1. The number of para-hydroxylation sites is 1. The monoisotopic (exact) mass is 264 g/mol. The van der Waals surface area contributed by atoms with Crippen molar-refractivity contribution in [2.24, 2.45) is 0 Å². The van der Waals surface area contributed by atoms with Crippen LogP contribution in [0.5, 0.6) is 0 Å². The number of aromatic carboxylic acids is 1. The topological polar surface area (TPSA) is 86.8 Å². The Labute approximate surface area is 112 Å². The van der Waals surface area contributed by atoms with E-state index < -0.39 is 11.6 Å². The average molecular weight is 264 g/mol. The molecule has 0 bridgehead atoms. The highest BCUT2D eigenvalue weighted by molar-refractivity contribution is 5.98. The first kappa shape index (κ1) is 13.7. The van der Waals surface area contributed by atoms with Gasteiger partial charge >= 0.3 is 5.97 Å². The summed E-state index contributed by atoms with van der Waals surface area (Å²) in [4.78, 5) is 13.3. The van der Waals surface area contributed by atoms with Crippen molar-refractivity contribution in [3.63, 3.8) is 0 Å². The summed E-state index contributed by atoms with van der Waals surface area (Å²) >= 11 is 0. The van der Waals surface area contributed by atoms with E-state index in [0.29, 0.717) is 30.9 Å². The molecule has 2 rings (SSSR count). The number of carboxylic acid groups (broad SMARTS) is 1. The number of nitrogens with zero attached hydrogens (tertiary/aromatic N) is 1. The fourth-order valence-electron chi connectivity index (χ4n) is 2.57. The summed E-state index contributed by atoms with van der Waals surface area (Å²) in [6.07, 6.45) is 2.15. The lowest BCUT2D eigenvalue weighted by atomic mass is 9.98. The summed E-state index contributed by atoms with van der Waals surface area (Å²) in [5.74, 6) is -0.974. The maximum atomic E-state index is 11.3. The Morgan fingerprint density at radius 1 is 1.37 bits per heavy atom. The van der Waals surface area contributed by atoms with Crippen LogP contribution in [-0.2, 0) is 0 Å². The van der Waals surface area contributed by atoms with Gasteiger partial charge in [0.05, 0.1) is 22.5 Å². The van der Waals surface area contributed by atoms with E-state index >= 15 is 0 Å². The molecular formula is C14H20N2O3. The summed E-state index contributed by atoms with van der Waals surface area (Å²) in [7, 11) is 0. The molecular weight excluding hydrogens is 244 g/mol. The molecule has 1 aromatic carbocycles. The lowest BCUT2D eigenvalue weighted by Crippen LogP contribution is -2.29. The van der Waals surface area contributed by atoms with Crippen LogP contribution in [0.15, 0.2) is 18.2 Å². The molecule has 104 valence electrons. The molecule has 1 aliphatic rings. The number of benzene rings is 1. The van der Waals surface area contributed by atoms with Crippen molar-refractivity contribution in [3.05, 3.63) is 23.8 Å². The largest absolute Gasteiger partial charge is 0.478 e. The van der Waals surface area contributed by atoms with Crippen molar-refractivity contribution in [2.75, 3.05) is 23.7 Å². The van der Waals surface area contributed by atoms with Crippen LogP contribution in [0.2, 0.25) is 0 Å². The molecule has 0 radical (unpaired) electrons. The van der Waals surface area contributed by atoms with E-state index in [2.05, 4.69) is 0 Å². The number of rotatable bonds is 2.